The third kappa shape index (κ3) is 5.34. The molecule has 12 heteroatoms. The second kappa shape index (κ2) is 10.5. The Morgan fingerprint density at radius 1 is 1.24 bits per heavy atom. The van der Waals surface area contributed by atoms with Crippen molar-refractivity contribution >= 4 is 45.7 Å². The van der Waals surface area contributed by atoms with Crippen LogP contribution in [0.5, 0.6) is 5.75 Å². The smallest absolute Gasteiger partial charge is 0.341 e. The largest absolute Gasteiger partial charge is 0.497 e. The Kier molecular flexibility index (Phi) is 7.71. The van der Waals surface area contributed by atoms with Gasteiger partial charge in [0.1, 0.15) is 10.8 Å². The lowest BCUT2D eigenvalue weighted by Gasteiger charge is -2.10. The Bertz CT molecular complexity index is 1240. The van der Waals surface area contributed by atoms with Gasteiger partial charge in [0.25, 0.3) is 0 Å². The number of carbonyl (C=O) groups is 2. The summed E-state index contributed by atoms with van der Waals surface area (Å²) in [4.78, 5) is 37.6. The van der Waals surface area contributed by atoms with Crippen LogP contribution in [-0.4, -0.2) is 40.3 Å². The molecule has 3 aromatic rings. The number of thioether (sulfide) groups is 1. The monoisotopic (exact) mass is 489 g/mol. The minimum Gasteiger partial charge on any atom is -0.497 e. The number of hydrogen-bond acceptors (Lipinski definition) is 11. The summed E-state index contributed by atoms with van der Waals surface area (Å²) in [5.41, 5.74) is 1.01. The number of thiophene rings is 1. The molecule has 0 saturated heterocycles. The number of nitrogens with one attached hydrogen (secondary N) is 1. The average molecular weight is 490 g/mol. The molecule has 174 valence electrons. The Morgan fingerprint density at radius 2 is 1.94 bits per heavy atom. The number of rotatable bonds is 9. The minimum atomic E-state index is -0.632. The molecule has 0 amide bonds. The molecule has 0 aliphatic heterocycles. The van der Waals surface area contributed by atoms with Crippen LogP contribution in [0.25, 0.3) is 0 Å². The van der Waals surface area contributed by atoms with E-state index in [1.807, 2.05) is 24.3 Å². The zero-order valence-electron chi connectivity index (χ0n) is 18.5. The summed E-state index contributed by atoms with van der Waals surface area (Å²) in [6.07, 6.45) is 0. The Morgan fingerprint density at radius 3 is 2.55 bits per heavy atom. The standard InChI is InChI=1S/C21H23N5O5S2/c1-5-31-20(29)15-11(2)16(12(3)27)33-18(15)23-17-19(28)26(22)21(25-24-17)32-10-13-6-8-14(30-4)9-7-13/h6-9H,5,10,22H2,1-4H3,(H,23,24). The number of nitrogen functional groups attached to an aromatic ring is 1. The summed E-state index contributed by atoms with van der Waals surface area (Å²) in [6, 6.07) is 7.47. The number of aromatic nitrogens is 3. The first-order valence-electron chi connectivity index (χ1n) is 9.85. The molecule has 33 heavy (non-hydrogen) atoms. The van der Waals surface area contributed by atoms with Gasteiger partial charge < -0.3 is 20.6 Å². The van der Waals surface area contributed by atoms with E-state index in [1.54, 1.807) is 21.0 Å². The van der Waals surface area contributed by atoms with E-state index in [1.165, 1.54) is 18.7 Å². The van der Waals surface area contributed by atoms with E-state index >= 15 is 0 Å². The van der Waals surface area contributed by atoms with Crippen LogP contribution in [0.2, 0.25) is 0 Å². The fourth-order valence-electron chi connectivity index (χ4n) is 2.93. The highest BCUT2D eigenvalue weighted by Gasteiger charge is 2.25. The first-order valence-corrected chi connectivity index (χ1v) is 11.7. The average Bonchev–Trinajstić information content (AvgIpc) is 3.13. The van der Waals surface area contributed by atoms with E-state index in [4.69, 9.17) is 15.3 Å². The maximum Gasteiger partial charge on any atom is 0.341 e. The highest BCUT2D eigenvalue weighted by Crippen LogP contribution is 2.35. The normalized spacial score (nSPS) is 10.7. The number of Topliss-reactive ketones (excluding diaryl/α,β-unsaturated/α-hetero) is 1. The molecule has 1 aromatic carbocycles. The molecule has 0 fully saturated rings. The first kappa shape index (κ1) is 24.3. The van der Waals surface area contributed by atoms with Crippen molar-refractivity contribution in [3.63, 3.8) is 0 Å². The van der Waals surface area contributed by atoms with Crippen molar-refractivity contribution in [1.82, 2.24) is 14.9 Å². The van der Waals surface area contributed by atoms with E-state index in [9.17, 15) is 14.4 Å². The molecule has 0 bridgehead atoms. The number of anilines is 2. The Balaban J connectivity index is 1.85. The van der Waals surface area contributed by atoms with E-state index < -0.39 is 11.5 Å². The maximum atomic E-state index is 12.8. The van der Waals surface area contributed by atoms with Crippen LogP contribution in [0.1, 0.15) is 45.0 Å². The zero-order valence-corrected chi connectivity index (χ0v) is 20.1. The van der Waals surface area contributed by atoms with Gasteiger partial charge in [-0.2, -0.15) is 4.68 Å². The lowest BCUT2D eigenvalue weighted by molar-refractivity contribution is 0.0527. The molecular weight excluding hydrogens is 466 g/mol. The number of nitrogens with two attached hydrogens (primary N) is 1. The van der Waals surface area contributed by atoms with Crippen LogP contribution in [0.4, 0.5) is 10.8 Å². The van der Waals surface area contributed by atoms with Crippen LogP contribution >= 0.6 is 23.1 Å². The number of hydrogen-bond donors (Lipinski definition) is 2. The van der Waals surface area contributed by atoms with E-state index in [0.717, 1.165) is 27.3 Å². The van der Waals surface area contributed by atoms with Gasteiger partial charge in [0.2, 0.25) is 11.0 Å². The van der Waals surface area contributed by atoms with Gasteiger partial charge in [-0.15, -0.1) is 21.5 Å². The topological polar surface area (TPSA) is 138 Å². The zero-order chi connectivity index (χ0) is 24.1. The molecule has 0 unspecified atom stereocenters. The number of ether oxygens (including phenoxy) is 2. The SMILES string of the molecule is CCOC(=O)c1c(Nc2nnc(SCc3ccc(OC)cc3)n(N)c2=O)sc(C(C)=O)c1C. The Hall–Kier alpha value is -3.38. The third-order valence-corrected chi connectivity index (χ3v) is 6.89. The number of ketones is 1. The van der Waals surface area contributed by atoms with E-state index in [2.05, 4.69) is 15.5 Å². The lowest BCUT2D eigenvalue weighted by atomic mass is 10.1. The van der Waals surface area contributed by atoms with Crippen molar-refractivity contribution in [3.8, 4) is 5.75 Å². The van der Waals surface area contributed by atoms with E-state index in [0.29, 0.717) is 16.2 Å². The minimum absolute atomic E-state index is 0.165. The van der Waals surface area contributed by atoms with Gasteiger partial charge in [-0.05, 0) is 44.0 Å². The third-order valence-electron chi connectivity index (χ3n) is 4.57. The number of esters is 1. The van der Waals surface area contributed by atoms with Crippen molar-refractivity contribution in [2.24, 2.45) is 0 Å². The number of nitrogens with zero attached hydrogens (tertiary/aromatic N) is 3. The van der Waals surface area contributed by atoms with Gasteiger partial charge in [-0.25, -0.2) is 4.79 Å². The molecule has 0 spiro atoms. The highest BCUT2D eigenvalue weighted by atomic mass is 32.2. The van der Waals surface area contributed by atoms with Crippen molar-refractivity contribution < 1.29 is 19.1 Å². The summed E-state index contributed by atoms with van der Waals surface area (Å²) in [5, 5.41) is 11.3. The highest BCUT2D eigenvalue weighted by molar-refractivity contribution is 7.98. The maximum absolute atomic E-state index is 12.8. The van der Waals surface area contributed by atoms with Crippen molar-refractivity contribution in [1.29, 1.82) is 0 Å². The summed E-state index contributed by atoms with van der Waals surface area (Å²) in [5.74, 6) is 6.23. The fraction of sp³-hybridized carbons (Fsp3) is 0.286. The lowest BCUT2D eigenvalue weighted by Crippen LogP contribution is -2.32. The van der Waals surface area contributed by atoms with Crippen molar-refractivity contribution in [2.45, 2.75) is 31.7 Å². The van der Waals surface area contributed by atoms with Crippen LogP contribution in [0.15, 0.2) is 34.2 Å². The van der Waals surface area contributed by atoms with Gasteiger partial charge in [-0.1, -0.05) is 23.9 Å². The van der Waals surface area contributed by atoms with Crippen molar-refractivity contribution in [3.05, 3.63) is 56.2 Å². The molecule has 3 rings (SSSR count). The van der Waals surface area contributed by atoms with Gasteiger partial charge in [0.15, 0.2) is 5.78 Å². The van der Waals surface area contributed by atoms with Crippen LogP contribution in [0.3, 0.4) is 0 Å². The molecule has 10 nitrogen and oxygen atoms in total. The quantitative estimate of drug-likeness (QED) is 0.199. The molecule has 2 aromatic heterocycles. The fourth-order valence-corrected chi connectivity index (χ4v) is 4.82. The molecular formula is C21H23N5O5S2. The molecule has 3 N–H and O–H groups in total. The van der Waals surface area contributed by atoms with Crippen molar-refractivity contribution in [2.75, 3.05) is 24.9 Å². The van der Waals surface area contributed by atoms with E-state index in [-0.39, 0.29) is 33.9 Å². The van der Waals surface area contributed by atoms with Gasteiger partial charge >= 0.3 is 11.5 Å². The molecule has 0 aliphatic rings. The molecule has 0 radical (unpaired) electrons. The van der Waals surface area contributed by atoms with Gasteiger partial charge in [0, 0.05) is 5.75 Å². The predicted octanol–water partition coefficient (Wildman–Crippen LogP) is 3.15. The van der Waals surface area contributed by atoms with Crippen LogP contribution in [-0.2, 0) is 10.5 Å². The van der Waals surface area contributed by atoms with Crippen LogP contribution < -0.4 is 21.5 Å². The predicted molar refractivity (Wildman–Crippen MR) is 127 cm³/mol. The number of carbonyl (C=O) groups excluding carboxylic acids is 2. The molecule has 0 saturated carbocycles. The summed E-state index contributed by atoms with van der Waals surface area (Å²) >= 11 is 2.29. The number of benzene rings is 1. The van der Waals surface area contributed by atoms with Crippen LogP contribution in [0, 0.1) is 6.92 Å². The van der Waals surface area contributed by atoms with Gasteiger partial charge in [0.05, 0.1) is 24.2 Å². The molecule has 2 heterocycles. The summed E-state index contributed by atoms with van der Waals surface area (Å²) in [6.45, 7) is 4.90. The summed E-state index contributed by atoms with van der Waals surface area (Å²) < 4.78 is 11.1. The van der Waals surface area contributed by atoms with Gasteiger partial charge in [-0.3, -0.25) is 9.59 Å². The number of methoxy groups -OCH3 is 1. The molecule has 0 aliphatic carbocycles. The first-order chi connectivity index (χ1) is 15.8. The second-order valence-electron chi connectivity index (χ2n) is 6.81. The second-order valence-corrected chi connectivity index (χ2v) is 8.77. The molecule has 0 atom stereocenters. The Labute approximate surface area is 198 Å². The summed E-state index contributed by atoms with van der Waals surface area (Å²) in [7, 11) is 1.59.